The van der Waals surface area contributed by atoms with E-state index in [1.807, 2.05) is 0 Å². The maximum atomic E-state index is 6.62. The van der Waals surface area contributed by atoms with Gasteiger partial charge < -0.3 is 9.72 Å². The Kier molecular flexibility index (Phi) is 3.96. The van der Waals surface area contributed by atoms with Crippen molar-refractivity contribution in [1.82, 2.24) is 4.98 Å². The lowest BCUT2D eigenvalue weighted by Crippen LogP contribution is -2.40. The zero-order valence-corrected chi connectivity index (χ0v) is 15.6. The van der Waals surface area contributed by atoms with E-state index in [1.54, 1.807) is 0 Å². The summed E-state index contributed by atoms with van der Waals surface area (Å²) in [6.07, 6.45) is 11.5. The number of fused-ring (bicyclic) bond motifs is 5. The summed E-state index contributed by atoms with van der Waals surface area (Å²) in [5.74, 6) is 0.281. The lowest BCUT2D eigenvalue weighted by Gasteiger charge is -2.41. The highest BCUT2D eigenvalue weighted by Gasteiger charge is 2.39. The largest absolute Gasteiger partial charge is 0.363 e. The molecule has 1 aromatic carbocycles. The molecular formula is C23H27NO. The molecule has 0 fully saturated rings. The van der Waals surface area contributed by atoms with Gasteiger partial charge in [0.1, 0.15) is 0 Å². The number of benzene rings is 1. The van der Waals surface area contributed by atoms with Gasteiger partial charge in [-0.1, -0.05) is 48.1 Å². The monoisotopic (exact) mass is 333 g/mol. The number of nitrogens with one attached hydrogen (secondary N) is 1. The van der Waals surface area contributed by atoms with Crippen molar-refractivity contribution >= 4 is 17.0 Å². The first-order valence-corrected chi connectivity index (χ1v) is 9.26. The Hall–Kier alpha value is -2.06. The summed E-state index contributed by atoms with van der Waals surface area (Å²) in [7, 11) is 0. The molecule has 2 heteroatoms. The molecule has 3 unspecified atom stereocenters. The van der Waals surface area contributed by atoms with Gasteiger partial charge in [0.05, 0.1) is 11.7 Å². The number of ether oxygens (including phenoxy) is 1. The second-order valence-corrected chi connectivity index (χ2v) is 7.94. The third-order valence-electron chi connectivity index (χ3n) is 5.50. The van der Waals surface area contributed by atoms with E-state index >= 15 is 0 Å². The highest BCUT2D eigenvalue weighted by molar-refractivity contribution is 5.92. The van der Waals surface area contributed by atoms with Gasteiger partial charge in [0.25, 0.3) is 0 Å². The lowest BCUT2D eigenvalue weighted by atomic mass is 9.80. The minimum atomic E-state index is -0.189. The van der Waals surface area contributed by atoms with Crippen LogP contribution in [0.15, 0.2) is 53.6 Å². The van der Waals surface area contributed by atoms with Crippen LogP contribution >= 0.6 is 0 Å². The molecule has 2 aromatic rings. The maximum absolute atomic E-state index is 6.62. The average molecular weight is 333 g/mol. The van der Waals surface area contributed by atoms with Crippen molar-refractivity contribution in [3.63, 3.8) is 0 Å². The number of hydrogen-bond acceptors (Lipinski definition) is 1. The molecule has 2 heterocycles. The Balaban J connectivity index is 1.69. The molecule has 2 aliphatic rings. The van der Waals surface area contributed by atoms with Crippen LogP contribution in [0.4, 0.5) is 0 Å². The molecule has 1 aliphatic carbocycles. The van der Waals surface area contributed by atoms with E-state index < -0.39 is 0 Å². The first-order chi connectivity index (χ1) is 12.0. The Morgan fingerprint density at radius 1 is 1.28 bits per heavy atom. The second-order valence-electron chi connectivity index (χ2n) is 7.94. The second kappa shape index (κ2) is 6.03. The molecule has 0 radical (unpaired) electrons. The van der Waals surface area contributed by atoms with E-state index in [0.717, 1.165) is 12.8 Å². The number of H-pyrrole nitrogens is 1. The zero-order chi connectivity index (χ0) is 17.6. The summed E-state index contributed by atoms with van der Waals surface area (Å²) in [5.41, 5.74) is 6.33. The number of allylic oxidation sites excluding steroid dienone is 2. The fourth-order valence-corrected chi connectivity index (χ4v) is 4.14. The molecule has 1 aromatic heterocycles. The van der Waals surface area contributed by atoms with Gasteiger partial charge in [-0.2, -0.15) is 0 Å². The number of hydrogen-bond donors (Lipinski definition) is 1. The summed E-state index contributed by atoms with van der Waals surface area (Å²) in [4.78, 5) is 3.64. The third kappa shape index (κ3) is 2.89. The van der Waals surface area contributed by atoms with Gasteiger partial charge >= 0.3 is 0 Å². The molecule has 3 atom stereocenters. The molecule has 0 amide bonds. The van der Waals surface area contributed by atoms with Crippen LogP contribution in [-0.2, 0) is 4.74 Å². The molecule has 0 saturated carbocycles. The average Bonchev–Trinajstić information content (AvgIpc) is 2.93. The minimum absolute atomic E-state index is 0.127. The molecule has 25 heavy (non-hydrogen) atoms. The van der Waals surface area contributed by atoms with E-state index in [2.05, 4.69) is 81.2 Å². The van der Waals surface area contributed by atoms with Crippen molar-refractivity contribution in [2.75, 3.05) is 0 Å². The summed E-state index contributed by atoms with van der Waals surface area (Å²) in [6, 6.07) is 8.56. The van der Waals surface area contributed by atoms with Gasteiger partial charge in [-0.05, 0) is 52.2 Å². The Morgan fingerprint density at radius 3 is 2.88 bits per heavy atom. The third-order valence-corrected chi connectivity index (χ3v) is 5.50. The molecule has 2 nitrogen and oxygen atoms in total. The number of aromatic amines is 1. The van der Waals surface area contributed by atoms with Crippen LogP contribution in [0.3, 0.4) is 0 Å². The van der Waals surface area contributed by atoms with E-state index in [1.165, 1.54) is 33.3 Å². The van der Waals surface area contributed by atoms with Crippen LogP contribution < -0.4 is 0 Å². The quantitative estimate of drug-likeness (QED) is 0.672. The van der Waals surface area contributed by atoms with Crippen LogP contribution in [0.2, 0.25) is 0 Å². The topological polar surface area (TPSA) is 25.0 Å². The van der Waals surface area contributed by atoms with Crippen molar-refractivity contribution in [3.05, 3.63) is 64.9 Å². The fraction of sp³-hybridized carbons (Fsp3) is 0.391. The highest BCUT2D eigenvalue weighted by Crippen LogP contribution is 2.44. The summed E-state index contributed by atoms with van der Waals surface area (Å²) >= 11 is 0. The molecule has 0 bridgehead atoms. The van der Waals surface area contributed by atoms with Gasteiger partial charge in [-0.15, -0.1) is 0 Å². The predicted octanol–water partition coefficient (Wildman–Crippen LogP) is 6.13. The van der Waals surface area contributed by atoms with Gasteiger partial charge in [-0.25, -0.2) is 0 Å². The predicted molar refractivity (Wildman–Crippen MR) is 106 cm³/mol. The van der Waals surface area contributed by atoms with Crippen LogP contribution in [0.5, 0.6) is 0 Å². The first kappa shape index (κ1) is 16.4. The highest BCUT2D eigenvalue weighted by atomic mass is 16.5. The number of aromatic nitrogens is 1. The smallest absolute Gasteiger partial charge is 0.0915 e. The standard InChI is InChI=1S/C23H27NO/c1-15(2)8-7-12-23(4)13-11-18-21-19(14-16(3)22(18)25-23)17-9-5-6-10-20(17)24-21/h5-6,8-11,13-14,18,22,24H,7,12H2,1-4H3. The minimum Gasteiger partial charge on any atom is -0.363 e. The summed E-state index contributed by atoms with van der Waals surface area (Å²) in [6.45, 7) is 8.73. The van der Waals surface area contributed by atoms with Crippen molar-refractivity contribution < 1.29 is 4.74 Å². The molecule has 1 aliphatic heterocycles. The van der Waals surface area contributed by atoms with Crippen molar-refractivity contribution in [2.24, 2.45) is 0 Å². The van der Waals surface area contributed by atoms with Gasteiger partial charge in [-0.3, -0.25) is 0 Å². The first-order valence-electron chi connectivity index (χ1n) is 9.26. The van der Waals surface area contributed by atoms with Gasteiger partial charge in [0.15, 0.2) is 0 Å². The molecule has 1 N–H and O–H groups in total. The van der Waals surface area contributed by atoms with Crippen molar-refractivity contribution in [3.8, 4) is 0 Å². The molecular weight excluding hydrogens is 306 g/mol. The van der Waals surface area contributed by atoms with Crippen LogP contribution in [0.25, 0.3) is 17.0 Å². The maximum Gasteiger partial charge on any atom is 0.0915 e. The van der Waals surface area contributed by atoms with E-state index in [-0.39, 0.29) is 17.6 Å². The van der Waals surface area contributed by atoms with Crippen LogP contribution in [-0.4, -0.2) is 16.7 Å². The van der Waals surface area contributed by atoms with Crippen LogP contribution in [0, 0.1) is 0 Å². The molecule has 0 saturated heterocycles. The van der Waals surface area contributed by atoms with Crippen molar-refractivity contribution in [2.45, 2.75) is 58.2 Å². The Bertz CT molecular complexity index is 894. The van der Waals surface area contributed by atoms with Crippen LogP contribution in [0.1, 0.15) is 57.7 Å². The molecule has 0 spiro atoms. The normalized spacial score (nSPS) is 27.6. The number of para-hydroxylation sites is 1. The number of rotatable bonds is 3. The SMILES string of the molecule is CC(C)=CCCC1(C)C=CC2c3[nH]c4ccccc4c3C=C(C)C2O1. The Labute approximate surface area is 150 Å². The van der Waals surface area contributed by atoms with E-state index in [4.69, 9.17) is 4.74 Å². The summed E-state index contributed by atoms with van der Waals surface area (Å²) < 4.78 is 6.62. The van der Waals surface area contributed by atoms with E-state index in [9.17, 15) is 0 Å². The Morgan fingerprint density at radius 2 is 2.08 bits per heavy atom. The van der Waals surface area contributed by atoms with Gasteiger partial charge in [0.2, 0.25) is 0 Å². The van der Waals surface area contributed by atoms with E-state index in [0.29, 0.717) is 0 Å². The fourth-order valence-electron chi connectivity index (χ4n) is 4.14. The van der Waals surface area contributed by atoms with Crippen molar-refractivity contribution in [1.29, 1.82) is 0 Å². The zero-order valence-electron chi connectivity index (χ0n) is 15.6. The molecule has 130 valence electrons. The summed E-state index contributed by atoms with van der Waals surface area (Å²) in [5, 5.41) is 1.31. The lowest BCUT2D eigenvalue weighted by molar-refractivity contribution is -0.0552. The molecule has 4 rings (SSSR count). The van der Waals surface area contributed by atoms with Gasteiger partial charge in [0, 0.05) is 28.1 Å².